The normalized spacial score (nSPS) is 15.0. The molecule has 136 valence electrons. The lowest BCUT2D eigenvalue weighted by Gasteiger charge is -2.30. The summed E-state index contributed by atoms with van der Waals surface area (Å²) in [4.78, 5) is 27.4. The van der Waals surface area contributed by atoms with Gasteiger partial charge in [-0.25, -0.2) is 0 Å². The molecule has 2 amide bonds. The van der Waals surface area contributed by atoms with Gasteiger partial charge in [0.25, 0.3) is 11.8 Å². The zero-order valence-electron chi connectivity index (χ0n) is 15.1. The number of benzene rings is 2. The second-order valence-corrected chi connectivity index (χ2v) is 8.10. The van der Waals surface area contributed by atoms with Crippen LogP contribution >= 0.6 is 22.6 Å². The lowest BCUT2D eigenvalue weighted by Crippen LogP contribution is -2.38. The van der Waals surface area contributed by atoms with Crippen molar-refractivity contribution in [1.82, 2.24) is 4.90 Å². The topological polar surface area (TPSA) is 49.4 Å². The summed E-state index contributed by atoms with van der Waals surface area (Å²) in [5, 5.41) is 2.91. The molecule has 0 spiro atoms. The molecule has 4 nitrogen and oxygen atoms in total. The number of aryl methyl sites for hydroxylation is 1. The lowest BCUT2D eigenvalue weighted by molar-refractivity contribution is 0.0698. The Balaban J connectivity index is 1.79. The molecule has 0 unspecified atom stereocenters. The molecule has 2 aromatic carbocycles. The van der Waals surface area contributed by atoms with Gasteiger partial charge in [-0.3, -0.25) is 9.59 Å². The fourth-order valence-corrected chi connectivity index (χ4v) is 3.60. The number of hydrogen-bond donors (Lipinski definition) is 1. The Labute approximate surface area is 168 Å². The smallest absolute Gasteiger partial charge is 0.255 e. The van der Waals surface area contributed by atoms with Crippen LogP contribution in [0.4, 0.5) is 5.69 Å². The van der Waals surface area contributed by atoms with E-state index >= 15 is 0 Å². The van der Waals surface area contributed by atoms with Crippen LogP contribution in [0.25, 0.3) is 0 Å². The number of halogens is 1. The first kappa shape index (κ1) is 18.9. The highest BCUT2D eigenvalue weighted by Crippen LogP contribution is 2.23. The fourth-order valence-electron chi connectivity index (χ4n) is 3.09. The SMILES string of the molecule is Cc1ccc(C(=O)Nc2ccccc2C(=O)N2CCC(C)CC2)cc1I. The van der Waals surface area contributed by atoms with Crippen LogP contribution in [0.2, 0.25) is 0 Å². The molecule has 1 aliphatic rings. The van der Waals surface area contributed by atoms with Crippen molar-refractivity contribution in [3.63, 3.8) is 0 Å². The van der Waals surface area contributed by atoms with Gasteiger partial charge in [-0.15, -0.1) is 0 Å². The van der Waals surface area contributed by atoms with Gasteiger partial charge in [-0.05, 0) is 78.1 Å². The molecular weight excluding hydrogens is 439 g/mol. The predicted octanol–water partition coefficient (Wildman–Crippen LogP) is 4.72. The Kier molecular flexibility index (Phi) is 5.96. The predicted molar refractivity (Wildman–Crippen MR) is 113 cm³/mol. The lowest BCUT2D eigenvalue weighted by atomic mass is 9.98. The quantitative estimate of drug-likeness (QED) is 0.671. The minimum absolute atomic E-state index is 0.00807. The van der Waals surface area contributed by atoms with Gasteiger partial charge in [-0.2, -0.15) is 0 Å². The Bertz CT molecular complexity index is 827. The zero-order chi connectivity index (χ0) is 18.7. The molecule has 0 aliphatic carbocycles. The van der Waals surface area contributed by atoms with Crippen LogP contribution < -0.4 is 5.32 Å². The summed E-state index contributed by atoms with van der Waals surface area (Å²) in [5.41, 5.74) is 2.85. The highest BCUT2D eigenvalue weighted by atomic mass is 127. The van der Waals surface area contributed by atoms with E-state index < -0.39 is 0 Å². The molecule has 0 aromatic heterocycles. The van der Waals surface area contributed by atoms with Crippen molar-refractivity contribution < 1.29 is 9.59 Å². The summed E-state index contributed by atoms with van der Waals surface area (Å²) in [6.07, 6.45) is 2.06. The van der Waals surface area contributed by atoms with E-state index in [0.29, 0.717) is 22.7 Å². The number of hydrogen-bond acceptors (Lipinski definition) is 2. The number of likely N-dealkylation sites (tertiary alicyclic amines) is 1. The van der Waals surface area contributed by atoms with Crippen LogP contribution in [0, 0.1) is 16.4 Å². The molecule has 0 radical (unpaired) electrons. The number of nitrogens with one attached hydrogen (secondary N) is 1. The third-order valence-electron chi connectivity index (χ3n) is 4.91. The monoisotopic (exact) mass is 462 g/mol. The molecule has 1 saturated heterocycles. The third kappa shape index (κ3) is 4.26. The minimum atomic E-state index is -0.199. The third-order valence-corrected chi connectivity index (χ3v) is 6.07. The van der Waals surface area contributed by atoms with Crippen LogP contribution in [0.15, 0.2) is 42.5 Å². The molecule has 0 bridgehead atoms. The summed E-state index contributed by atoms with van der Waals surface area (Å²) in [6, 6.07) is 12.9. The van der Waals surface area contributed by atoms with E-state index in [1.165, 1.54) is 0 Å². The summed E-state index contributed by atoms with van der Waals surface area (Å²) >= 11 is 2.22. The first-order valence-corrected chi connectivity index (χ1v) is 9.99. The van der Waals surface area contributed by atoms with E-state index in [9.17, 15) is 9.59 Å². The van der Waals surface area contributed by atoms with Crippen molar-refractivity contribution in [3.8, 4) is 0 Å². The van der Waals surface area contributed by atoms with Crippen molar-refractivity contribution in [2.45, 2.75) is 26.7 Å². The average molecular weight is 462 g/mol. The largest absolute Gasteiger partial charge is 0.339 e. The van der Waals surface area contributed by atoms with Crippen molar-refractivity contribution in [2.75, 3.05) is 18.4 Å². The summed E-state index contributed by atoms with van der Waals surface area (Å²) in [7, 11) is 0. The molecule has 5 heteroatoms. The minimum Gasteiger partial charge on any atom is -0.339 e. The Morgan fingerprint density at radius 1 is 1.12 bits per heavy atom. The number of amides is 2. The Hall–Kier alpha value is -1.89. The molecule has 1 fully saturated rings. The number of rotatable bonds is 3. The molecule has 0 saturated carbocycles. The van der Waals surface area contributed by atoms with E-state index in [4.69, 9.17) is 0 Å². The van der Waals surface area contributed by atoms with Gasteiger partial charge in [0.1, 0.15) is 0 Å². The van der Waals surface area contributed by atoms with Crippen LogP contribution in [0.3, 0.4) is 0 Å². The maximum absolute atomic E-state index is 12.9. The van der Waals surface area contributed by atoms with Gasteiger partial charge in [0.15, 0.2) is 0 Å². The first-order chi connectivity index (χ1) is 12.5. The van der Waals surface area contributed by atoms with E-state index in [1.54, 1.807) is 12.1 Å². The maximum Gasteiger partial charge on any atom is 0.255 e. The van der Waals surface area contributed by atoms with Crippen LogP contribution in [0.1, 0.15) is 46.0 Å². The molecule has 26 heavy (non-hydrogen) atoms. The second kappa shape index (κ2) is 8.20. The molecule has 1 aliphatic heterocycles. The van der Waals surface area contributed by atoms with Crippen LogP contribution in [-0.4, -0.2) is 29.8 Å². The Morgan fingerprint density at radius 3 is 2.50 bits per heavy atom. The molecule has 0 atom stereocenters. The fraction of sp³-hybridized carbons (Fsp3) is 0.333. The zero-order valence-corrected chi connectivity index (χ0v) is 17.2. The van der Waals surface area contributed by atoms with Gasteiger partial charge >= 0.3 is 0 Å². The number of anilines is 1. The molecule has 1 heterocycles. The second-order valence-electron chi connectivity index (χ2n) is 6.94. The van der Waals surface area contributed by atoms with E-state index in [2.05, 4.69) is 34.8 Å². The molecule has 1 N–H and O–H groups in total. The standard InChI is InChI=1S/C21H23IN2O2/c1-14-9-11-24(12-10-14)21(26)17-5-3-4-6-19(17)23-20(25)16-8-7-15(2)18(22)13-16/h3-8,13-14H,9-12H2,1-2H3,(H,23,25). The van der Waals surface area contributed by atoms with Gasteiger partial charge in [0.05, 0.1) is 11.3 Å². The van der Waals surface area contributed by atoms with Crippen LogP contribution in [-0.2, 0) is 0 Å². The van der Waals surface area contributed by atoms with Crippen molar-refractivity contribution in [2.24, 2.45) is 5.92 Å². The molecule has 2 aromatic rings. The first-order valence-electron chi connectivity index (χ1n) is 8.91. The van der Waals surface area contributed by atoms with E-state index in [-0.39, 0.29) is 11.8 Å². The average Bonchev–Trinajstić information content (AvgIpc) is 2.64. The van der Waals surface area contributed by atoms with E-state index in [1.807, 2.05) is 42.2 Å². The van der Waals surface area contributed by atoms with Gasteiger partial charge in [0, 0.05) is 22.2 Å². The van der Waals surface area contributed by atoms with Crippen molar-refractivity contribution in [3.05, 3.63) is 62.7 Å². The van der Waals surface area contributed by atoms with Crippen molar-refractivity contribution in [1.29, 1.82) is 0 Å². The van der Waals surface area contributed by atoms with Gasteiger partial charge in [-0.1, -0.05) is 25.1 Å². The highest BCUT2D eigenvalue weighted by Gasteiger charge is 2.23. The van der Waals surface area contributed by atoms with Crippen molar-refractivity contribution >= 4 is 40.1 Å². The van der Waals surface area contributed by atoms with Gasteiger partial charge < -0.3 is 10.2 Å². The molecule has 3 rings (SSSR count). The van der Waals surface area contributed by atoms with E-state index in [0.717, 1.165) is 35.1 Å². The summed E-state index contributed by atoms with van der Waals surface area (Å²) in [6.45, 7) is 5.78. The number of carbonyl (C=O) groups is 2. The number of nitrogens with zero attached hydrogens (tertiary/aromatic N) is 1. The summed E-state index contributed by atoms with van der Waals surface area (Å²) < 4.78 is 1.04. The Morgan fingerprint density at radius 2 is 1.81 bits per heavy atom. The van der Waals surface area contributed by atoms with Gasteiger partial charge in [0.2, 0.25) is 0 Å². The number of piperidine rings is 1. The molecular formula is C21H23IN2O2. The summed E-state index contributed by atoms with van der Waals surface area (Å²) in [5.74, 6) is 0.458. The maximum atomic E-state index is 12.9. The number of para-hydroxylation sites is 1. The highest BCUT2D eigenvalue weighted by molar-refractivity contribution is 14.1. The van der Waals surface area contributed by atoms with Crippen LogP contribution in [0.5, 0.6) is 0 Å². The number of carbonyl (C=O) groups excluding carboxylic acids is 2.